The van der Waals surface area contributed by atoms with Gasteiger partial charge in [0.1, 0.15) is 11.3 Å². The van der Waals surface area contributed by atoms with Gasteiger partial charge in [-0.1, -0.05) is 54.6 Å². The SMILES string of the molecule is C=CCC1=C(c2c(-c3ccccc3)oc3ccccc23)CCCC1=O. The first-order valence-electron chi connectivity index (χ1n) is 8.73. The van der Waals surface area contributed by atoms with E-state index in [9.17, 15) is 4.79 Å². The van der Waals surface area contributed by atoms with Gasteiger partial charge in [-0.25, -0.2) is 0 Å². The third-order valence-electron chi connectivity index (χ3n) is 4.81. The molecular weight excluding hydrogens is 308 g/mol. The average molecular weight is 328 g/mol. The van der Waals surface area contributed by atoms with Crippen LogP contribution in [0.3, 0.4) is 0 Å². The molecule has 0 fully saturated rings. The van der Waals surface area contributed by atoms with Gasteiger partial charge < -0.3 is 4.42 Å². The highest BCUT2D eigenvalue weighted by atomic mass is 16.3. The molecule has 2 heteroatoms. The Balaban J connectivity index is 2.04. The van der Waals surface area contributed by atoms with Crippen LogP contribution in [0.15, 0.2) is 77.2 Å². The average Bonchev–Trinajstić information content (AvgIpc) is 3.04. The molecule has 0 aliphatic heterocycles. The van der Waals surface area contributed by atoms with Crippen molar-refractivity contribution < 1.29 is 9.21 Å². The summed E-state index contributed by atoms with van der Waals surface area (Å²) in [6.07, 6.45) is 4.86. The second-order valence-electron chi connectivity index (χ2n) is 6.40. The minimum Gasteiger partial charge on any atom is -0.455 e. The van der Waals surface area contributed by atoms with E-state index in [2.05, 4.69) is 24.8 Å². The molecule has 0 amide bonds. The molecule has 0 unspecified atom stereocenters. The maximum Gasteiger partial charge on any atom is 0.159 e. The van der Waals surface area contributed by atoms with Crippen LogP contribution in [-0.2, 0) is 4.79 Å². The third-order valence-corrected chi connectivity index (χ3v) is 4.81. The number of Topliss-reactive ketones (excluding diaryl/α,β-unsaturated/α-hetero) is 1. The lowest BCUT2D eigenvalue weighted by Gasteiger charge is -2.19. The Morgan fingerprint density at radius 3 is 2.56 bits per heavy atom. The van der Waals surface area contributed by atoms with Gasteiger partial charge in [0.05, 0.1) is 0 Å². The van der Waals surface area contributed by atoms with E-state index in [-0.39, 0.29) is 5.78 Å². The lowest BCUT2D eigenvalue weighted by Crippen LogP contribution is -2.11. The smallest absolute Gasteiger partial charge is 0.159 e. The Morgan fingerprint density at radius 1 is 1.00 bits per heavy atom. The van der Waals surface area contributed by atoms with Crippen LogP contribution in [0, 0.1) is 0 Å². The van der Waals surface area contributed by atoms with Crippen molar-refractivity contribution in [3.63, 3.8) is 0 Å². The van der Waals surface area contributed by atoms with Gasteiger partial charge in [-0.15, -0.1) is 6.58 Å². The zero-order valence-electron chi connectivity index (χ0n) is 14.1. The number of ketones is 1. The molecule has 0 saturated carbocycles. The Bertz CT molecular complexity index is 974. The first kappa shape index (κ1) is 15.6. The van der Waals surface area contributed by atoms with Crippen LogP contribution in [0.2, 0.25) is 0 Å². The Hall–Kier alpha value is -2.87. The highest BCUT2D eigenvalue weighted by Crippen LogP contribution is 2.43. The zero-order valence-corrected chi connectivity index (χ0v) is 14.1. The van der Waals surface area contributed by atoms with Gasteiger partial charge in [-0.05, 0) is 30.9 Å². The van der Waals surface area contributed by atoms with E-state index in [1.807, 2.05) is 42.5 Å². The van der Waals surface area contributed by atoms with Gasteiger partial charge in [-0.3, -0.25) is 4.79 Å². The molecule has 0 radical (unpaired) electrons. The summed E-state index contributed by atoms with van der Waals surface area (Å²) in [7, 11) is 0. The summed E-state index contributed by atoms with van der Waals surface area (Å²) in [4.78, 5) is 12.5. The first-order valence-corrected chi connectivity index (χ1v) is 8.73. The van der Waals surface area contributed by atoms with Crippen molar-refractivity contribution >= 4 is 22.3 Å². The van der Waals surface area contributed by atoms with Gasteiger partial charge >= 0.3 is 0 Å². The van der Waals surface area contributed by atoms with Crippen molar-refractivity contribution in [3.05, 3.63) is 78.4 Å². The van der Waals surface area contributed by atoms with E-state index in [1.54, 1.807) is 0 Å². The molecule has 4 rings (SSSR count). The molecule has 0 saturated heterocycles. The summed E-state index contributed by atoms with van der Waals surface area (Å²) in [5, 5.41) is 1.08. The number of carbonyl (C=O) groups excluding carboxylic acids is 1. The van der Waals surface area contributed by atoms with Crippen LogP contribution >= 0.6 is 0 Å². The fraction of sp³-hybridized carbons (Fsp3) is 0.174. The van der Waals surface area contributed by atoms with Crippen LogP contribution < -0.4 is 0 Å². The lowest BCUT2D eigenvalue weighted by molar-refractivity contribution is -0.115. The van der Waals surface area contributed by atoms with Gasteiger partial charge in [0.2, 0.25) is 0 Å². The summed E-state index contributed by atoms with van der Waals surface area (Å²) in [5.74, 6) is 1.10. The maximum atomic E-state index is 12.5. The second-order valence-corrected chi connectivity index (χ2v) is 6.40. The quantitative estimate of drug-likeness (QED) is 0.535. The summed E-state index contributed by atoms with van der Waals surface area (Å²) >= 11 is 0. The molecule has 1 aliphatic carbocycles. The highest BCUT2D eigenvalue weighted by molar-refractivity contribution is 6.09. The highest BCUT2D eigenvalue weighted by Gasteiger charge is 2.26. The third kappa shape index (κ3) is 2.74. The zero-order chi connectivity index (χ0) is 17.2. The predicted molar refractivity (Wildman–Crippen MR) is 102 cm³/mol. The number of benzene rings is 2. The van der Waals surface area contributed by atoms with Crippen molar-refractivity contribution in [2.75, 3.05) is 0 Å². The standard InChI is InChI=1S/C23H20O2/c1-2-9-17-18(13-8-14-20(17)24)22-19-12-6-7-15-21(19)25-23(22)16-10-4-3-5-11-16/h2-7,10-12,15H,1,8-9,13-14H2. The number of fused-ring (bicyclic) bond motifs is 1. The minimum atomic E-state index is 0.241. The van der Waals surface area contributed by atoms with E-state index in [0.717, 1.165) is 51.8 Å². The molecule has 1 aromatic heterocycles. The van der Waals surface area contributed by atoms with Crippen molar-refractivity contribution in [3.8, 4) is 11.3 Å². The molecule has 1 aliphatic rings. The molecule has 0 N–H and O–H groups in total. The van der Waals surface area contributed by atoms with Crippen molar-refractivity contribution in [1.82, 2.24) is 0 Å². The molecule has 3 aromatic rings. The van der Waals surface area contributed by atoms with Crippen LogP contribution in [0.25, 0.3) is 27.9 Å². The number of carbonyl (C=O) groups is 1. The van der Waals surface area contributed by atoms with E-state index in [1.165, 1.54) is 0 Å². The van der Waals surface area contributed by atoms with Gasteiger partial charge in [0.15, 0.2) is 5.78 Å². The van der Waals surface area contributed by atoms with Gasteiger partial charge in [0, 0.05) is 28.5 Å². The van der Waals surface area contributed by atoms with Gasteiger partial charge in [0.25, 0.3) is 0 Å². The summed E-state index contributed by atoms with van der Waals surface area (Å²) in [6, 6.07) is 18.2. The van der Waals surface area contributed by atoms with E-state index in [4.69, 9.17) is 4.42 Å². The van der Waals surface area contributed by atoms with Crippen LogP contribution in [0.1, 0.15) is 31.2 Å². The normalized spacial score (nSPS) is 15.0. The molecule has 0 spiro atoms. The Morgan fingerprint density at radius 2 is 1.76 bits per heavy atom. The Kier molecular flexibility index (Phi) is 4.10. The molecule has 124 valence electrons. The topological polar surface area (TPSA) is 30.2 Å². The summed E-state index contributed by atoms with van der Waals surface area (Å²) < 4.78 is 6.23. The van der Waals surface area contributed by atoms with Gasteiger partial charge in [-0.2, -0.15) is 0 Å². The fourth-order valence-electron chi connectivity index (χ4n) is 3.69. The van der Waals surface area contributed by atoms with E-state index >= 15 is 0 Å². The minimum absolute atomic E-state index is 0.241. The number of para-hydroxylation sites is 1. The monoisotopic (exact) mass is 328 g/mol. The number of rotatable bonds is 4. The molecule has 25 heavy (non-hydrogen) atoms. The van der Waals surface area contributed by atoms with E-state index < -0.39 is 0 Å². The predicted octanol–water partition coefficient (Wildman–Crippen LogP) is 6.18. The summed E-state index contributed by atoms with van der Waals surface area (Å²) in [6.45, 7) is 3.84. The maximum absolute atomic E-state index is 12.5. The summed E-state index contributed by atoms with van der Waals surface area (Å²) in [5.41, 5.74) is 4.99. The number of furan rings is 1. The van der Waals surface area contributed by atoms with Crippen LogP contribution in [0.5, 0.6) is 0 Å². The molecule has 2 aromatic carbocycles. The lowest BCUT2D eigenvalue weighted by atomic mass is 9.83. The number of allylic oxidation sites excluding steroid dienone is 3. The van der Waals surface area contributed by atoms with Crippen LogP contribution in [-0.4, -0.2) is 5.78 Å². The number of hydrogen-bond acceptors (Lipinski definition) is 2. The largest absolute Gasteiger partial charge is 0.455 e. The molecule has 2 nitrogen and oxygen atoms in total. The molecule has 0 atom stereocenters. The number of hydrogen-bond donors (Lipinski definition) is 0. The van der Waals surface area contributed by atoms with Crippen molar-refractivity contribution in [2.24, 2.45) is 0 Å². The fourth-order valence-corrected chi connectivity index (χ4v) is 3.69. The molecule has 1 heterocycles. The molecular formula is C23H20O2. The van der Waals surface area contributed by atoms with Crippen molar-refractivity contribution in [2.45, 2.75) is 25.7 Å². The Labute approximate surface area is 147 Å². The van der Waals surface area contributed by atoms with Crippen LogP contribution in [0.4, 0.5) is 0 Å². The van der Waals surface area contributed by atoms with Crippen molar-refractivity contribution in [1.29, 1.82) is 0 Å². The second kappa shape index (κ2) is 6.56. The van der Waals surface area contributed by atoms with E-state index in [0.29, 0.717) is 12.8 Å². The molecule has 0 bridgehead atoms. The first-order chi connectivity index (χ1) is 12.3.